The maximum atomic E-state index is 13.9. The van der Waals surface area contributed by atoms with Gasteiger partial charge >= 0.3 is 5.69 Å². The number of benzene rings is 2. The summed E-state index contributed by atoms with van der Waals surface area (Å²) in [7, 11) is 0. The molecule has 0 aromatic heterocycles. The van der Waals surface area contributed by atoms with E-state index < -0.39 is 16.4 Å². The van der Waals surface area contributed by atoms with Crippen LogP contribution in [-0.4, -0.2) is 4.92 Å². The lowest BCUT2D eigenvalue weighted by molar-refractivity contribution is -0.387. The first-order valence-corrected chi connectivity index (χ1v) is 5.53. The molecule has 2 aromatic rings. The molecule has 2 rings (SSSR count). The van der Waals surface area contributed by atoms with Crippen LogP contribution in [0.2, 0.25) is 0 Å². The van der Waals surface area contributed by atoms with E-state index in [9.17, 15) is 14.5 Å². The summed E-state index contributed by atoms with van der Waals surface area (Å²) in [4.78, 5) is 9.91. The number of nitrogens with zero attached hydrogens (tertiary/aromatic N) is 2. The van der Waals surface area contributed by atoms with Gasteiger partial charge < -0.3 is 0 Å². The van der Waals surface area contributed by atoms with E-state index in [1.54, 1.807) is 24.3 Å². The summed E-state index contributed by atoms with van der Waals surface area (Å²) in [5.41, 5.74) is 0.738. The lowest BCUT2D eigenvalue weighted by atomic mass is 10.00. The van der Waals surface area contributed by atoms with Crippen LogP contribution in [0.15, 0.2) is 42.5 Å². The van der Waals surface area contributed by atoms with E-state index in [0.717, 1.165) is 6.07 Å². The van der Waals surface area contributed by atoms with Crippen molar-refractivity contribution in [2.75, 3.05) is 0 Å². The van der Waals surface area contributed by atoms with Gasteiger partial charge in [-0.15, -0.1) is 0 Å². The van der Waals surface area contributed by atoms with Crippen molar-refractivity contribution >= 4 is 5.69 Å². The highest BCUT2D eigenvalue weighted by atomic mass is 19.1. The Morgan fingerprint density at radius 2 is 1.84 bits per heavy atom. The molecular weight excluding hydrogens is 247 g/mol. The molecule has 0 aliphatic heterocycles. The molecule has 0 saturated heterocycles. The molecule has 0 heterocycles. The quantitative estimate of drug-likeness (QED) is 0.625. The largest absolute Gasteiger partial charge is 0.305 e. The third-order valence-corrected chi connectivity index (χ3v) is 2.77. The van der Waals surface area contributed by atoms with Crippen LogP contribution in [0, 0.1) is 27.3 Å². The van der Waals surface area contributed by atoms with E-state index in [1.807, 2.05) is 6.07 Å². The first-order chi connectivity index (χ1) is 9.13. The molecule has 0 saturated carbocycles. The minimum absolute atomic E-state index is 0.150. The fourth-order valence-electron chi connectivity index (χ4n) is 1.83. The van der Waals surface area contributed by atoms with Gasteiger partial charge in [0, 0.05) is 12.5 Å². The lowest BCUT2D eigenvalue weighted by Gasteiger charge is -2.05. The van der Waals surface area contributed by atoms with Crippen LogP contribution in [0.3, 0.4) is 0 Å². The molecule has 0 aliphatic carbocycles. The van der Waals surface area contributed by atoms with Crippen LogP contribution in [0.25, 0.3) is 0 Å². The van der Waals surface area contributed by atoms with Gasteiger partial charge in [-0.3, -0.25) is 10.1 Å². The normalized spacial score (nSPS) is 9.89. The summed E-state index contributed by atoms with van der Waals surface area (Å²) in [5.74, 6) is -0.847. The van der Waals surface area contributed by atoms with Gasteiger partial charge in [-0.05, 0) is 17.2 Å². The maximum Gasteiger partial charge on any atom is 0.305 e. The molecular formula is C14H9FN2O2. The molecule has 0 amide bonds. The van der Waals surface area contributed by atoms with Crippen molar-refractivity contribution in [3.05, 3.63) is 75.1 Å². The highest BCUT2D eigenvalue weighted by Gasteiger charge is 2.17. The average molecular weight is 256 g/mol. The van der Waals surface area contributed by atoms with Gasteiger partial charge in [-0.25, -0.2) is 0 Å². The molecule has 0 atom stereocenters. The minimum atomic E-state index is -0.847. The van der Waals surface area contributed by atoms with Gasteiger partial charge in [0.25, 0.3) is 0 Å². The summed E-state index contributed by atoms with van der Waals surface area (Å²) in [6, 6.07) is 12.8. The topological polar surface area (TPSA) is 66.9 Å². The molecule has 4 nitrogen and oxygen atoms in total. The number of nitro benzene ring substituents is 1. The predicted molar refractivity (Wildman–Crippen MR) is 67.0 cm³/mol. The third kappa shape index (κ3) is 2.58. The Morgan fingerprint density at radius 3 is 2.53 bits per heavy atom. The summed E-state index contributed by atoms with van der Waals surface area (Å²) in [5, 5.41) is 19.6. The number of hydrogen-bond acceptors (Lipinski definition) is 3. The zero-order valence-corrected chi connectivity index (χ0v) is 9.84. The van der Waals surface area contributed by atoms with E-state index in [-0.39, 0.29) is 12.0 Å². The molecule has 19 heavy (non-hydrogen) atoms. The van der Waals surface area contributed by atoms with E-state index in [4.69, 9.17) is 5.26 Å². The van der Waals surface area contributed by atoms with Crippen molar-refractivity contribution in [1.29, 1.82) is 5.26 Å². The summed E-state index contributed by atoms with van der Waals surface area (Å²) in [6.45, 7) is 0. The predicted octanol–water partition coefficient (Wildman–Crippen LogP) is 3.20. The molecule has 0 fully saturated rings. The van der Waals surface area contributed by atoms with Gasteiger partial charge in [0.2, 0.25) is 5.82 Å². The maximum absolute atomic E-state index is 13.9. The molecule has 0 bridgehead atoms. The first-order valence-electron chi connectivity index (χ1n) is 5.53. The highest BCUT2D eigenvalue weighted by Crippen LogP contribution is 2.23. The molecule has 5 heteroatoms. The van der Waals surface area contributed by atoms with Gasteiger partial charge in [0.15, 0.2) is 0 Å². The zero-order chi connectivity index (χ0) is 13.8. The van der Waals surface area contributed by atoms with Crippen molar-refractivity contribution in [1.82, 2.24) is 0 Å². The fourth-order valence-corrected chi connectivity index (χ4v) is 1.83. The van der Waals surface area contributed by atoms with Crippen molar-refractivity contribution < 1.29 is 9.31 Å². The Kier molecular flexibility index (Phi) is 3.53. The van der Waals surface area contributed by atoms with Crippen LogP contribution in [0.5, 0.6) is 0 Å². The highest BCUT2D eigenvalue weighted by molar-refractivity contribution is 5.43. The standard InChI is InChI=1S/C14H9FN2O2/c15-14-11(6-3-7-13(14)17(18)19)8-10-4-1-2-5-12(10)9-16/h1-7H,8H2. The van der Waals surface area contributed by atoms with E-state index >= 15 is 0 Å². The first kappa shape index (κ1) is 12.7. The Hall–Kier alpha value is -2.74. The van der Waals surface area contributed by atoms with Crippen LogP contribution < -0.4 is 0 Å². The van der Waals surface area contributed by atoms with Crippen LogP contribution in [0.4, 0.5) is 10.1 Å². The Labute approximate surface area is 108 Å². The second kappa shape index (κ2) is 5.27. The number of halogens is 1. The van der Waals surface area contributed by atoms with Crippen LogP contribution in [0.1, 0.15) is 16.7 Å². The molecule has 0 unspecified atom stereocenters. The van der Waals surface area contributed by atoms with Gasteiger partial charge in [0.1, 0.15) is 0 Å². The van der Waals surface area contributed by atoms with Gasteiger partial charge in [0.05, 0.1) is 16.6 Å². The van der Waals surface area contributed by atoms with Crippen molar-refractivity contribution in [2.45, 2.75) is 6.42 Å². The van der Waals surface area contributed by atoms with Crippen LogP contribution >= 0.6 is 0 Å². The Balaban J connectivity index is 2.42. The number of rotatable bonds is 3. The van der Waals surface area contributed by atoms with E-state index in [2.05, 4.69) is 0 Å². The monoisotopic (exact) mass is 256 g/mol. The van der Waals surface area contributed by atoms with Crippen molar-refractivity contribution in [3.8, 4) is 6.07 Å². The van der Waals surface area contributed by atoms with Crippen LogP contribution in [-0.2, 0) is 6.42 Å². The fraction of sp³-hybridized carbons (Fsp3) is 0.0714. The lowest BCUT2D eigenvalue weighted by Crippen LogP contribution is -1.99. The van der Waals surface area contributed by atoms with Gasteiger partial charge in [-0.2, -0.15) is 9.65 Å². The molecule has 0 radical (unpaired) electrons. The second-order valence-corrected chi connectivity index (χ2v) is 3.95. The number of hydrogen-bond donors (Lipinski definition) is 0. The summed E-state index contributed by atoms with van der Waals surface area (Å²) >= 11 is 0. The molecule has 0 spiro atoms. The number of nitriles is 1. The summed E-state index contributed by atoms with van der Waals surface area (Å²) < 4.78 is 13.9. The Bertz CT molecular complexity index is 677. The summed E-state index contributed by atoms with van der Waals surface area (Å²) in [6.07, 6.45) is 0.150. The number of nitro groups is 1. The zero-order valence-electron chi connectivity index (χ0n) is 9.84. The molecule has 0 N–H and O–H groups in total. The SMILES string of the molecule is N#Cc1ccccc1Cc1cccc([N+](=O)[O-])c1F. The molecule has 0 aliphatic rings. The Morgan fingerprint density at radius 1 is 1.16 bits per heavy atom. The van der Waals surface area contributed by atoms with E-state index in [0.29, 0.717) is 11.1 Å². The van der Waals surface area contributed by atoms with E-state index in [1.165, 1.54) is 12.1 Å². The molecule has 94 valence electrons. The van der Waals surface area contributed by atoms with Crippen molar-refractivity contribution in [2.24, 2.45) is 0 Å². The molecule has 2 aromatic carbocycles. The minimum Gasteiger partial charge on any atom is -0.258 e. The van der Waals surface area contributed by atoms with Crippen molar-refractivity contribution in [3.63, 3.8) is 0 Å². The average Bonchev–Trinajstić information content (AvgIpc) is 2.41. The third-order valence-electron chi connectivity index (χ3n) is 2.77. The van der Waals surface area contributed by atoms with Gasteiger partial charge in [-0.1, -0.05) is 30.3 Å². The smallest absolute Gasteiger partial charge is 0.258 e. The second-order valence-electron chi connectivity index (χ2n) is 3.95.